The number of hydrogen-bond acceptors (Lipinski definition) is 4. The molecule has 0 spiro atoms. The molecule has 0 fully saturated rings. The van der Waals surface area contributed by atoms with Crippen molar-refractivity contribution in [2.24, 2.45) is 0 Å². The number of carboxylic acids is 1. The van der Waals surface area contributed by atoms with Crippen molar-refractivity contribution < 1.29 is 14.6 Å². The summed E-state index contributed by atoms with van der Waals surface area (Å²) in [4.78, 5) is 15.8. The van der Waals surface area contributed by atoms with E-state index < -0.39 is 11.9 Å². The highest BCUT2D eigenvalue weighted by molar-refractivity contribution is 7.17. The second-order valence-electron chi connectivity index (χ2n) is 6.35. The van der Waals surface area contributed by atoms with Crippen LogP contribution in [0.1, 0.15) is 40.9 Å². The van der Waals surface area contributed by atoms with Crippen molar-refractivity contribution in [3.63, 3.8) is 0 Å². The Morgan fingerprint density at radius 2 is 2.04 bits per heavy atom. The second-order valence-corrected chi connectivity index (χ2v) is 7.26. The molecule has 3 rings (SSSR count). The van der Waals surface area contributed by atoms with E-state index in [9.17, 15) is 9.90 Å². The maximum Gasteiger partial charge on any atom is 0.310 e. The van der Waals surface area contributed by atoms with Crippen LogP contribution in [0.5, 0.6) is 5.75 Å². The van der Waals surface area contributed by atoms with Crippen LogP contribution < -0.4 is 4.74 Å². The Kier molecular flexibility index (Phi) is 4.77. The van der Waals surface area contributed by atoms with Crippen molar-refractivity contribution in [2.45, 2.75) is 40.2 Å². The lowest BCUT2D eigenvalue weighted by Gasteiger charge is -2.11. The number of nitrogens with zero attached hydrogens (tertiary/aromatic N) is 1. The summed E-state index contributed by atoms with van der Waals surface area (Å²) < 4.78 is 7.02. The number of pyridine rings is 1. The molecule has 25 heavy (non-hydrogen) atoms. The van der Waals surface area contributed by atoms with E-state index >= 15 is 0 Å². The summed E-state index contributed by atoms with van der Waals surface area (Å²) in [6.45, 7) is 8.15. The van der Waals surface area contributed by atoms with Gasteiger partial charge in [0, 0.05) is 21.7 Å². The van der Waals surface area contributed by atoms with Crippen molar-refractivity contribution >= 4 is 27.4 Å². The van der Waals surface area contributed by atoms with Crippen LogP contribution in [-0.4, -0.2) is 16.1 Å². The second kappa shape index (κ2) is 6.84. The quantitative estimate of drug-likeness (QED) is 0.700. The van der Waals surface area contributed by atoms with E-state index in [1.807, 2.05) is 50.4 Å². The van der Waals surface area contributed by atoms with Gasteiger partial charge in [-0.2, -0.15) is 0 Å². The molecule has 0 aliphatic heterocycles. The van der Waals surface area contributed by atoms with Gasteiger partial charge >= 0.3 is 5.97 Å². The number of carboxylic acid groups (broad SMARTS) is 1. The summed E-state index contributed by atoms with van der Waals surface area (Å²) in [5.74, 6) is -0.524. The first-order valence-corrected chi connectivity index (χ1v) is 9.05. The highest BCUT2D eigenvalue weighted by Gasteiger charge is 2.19. The summed E-state index contributed by atoms with van der Waals surface area (Å²) >= 11 is 1.56. The lowest BCUT2D eigenvalue weighted by atomic mass is 9.98. The molecular formula is C20H21NO3S. The number of aliphatic carboxylic acids is 1. The van der Waals surface area contributed by atoms with E-state index in [-0.39, 0.29) is 0 Å². The number of thiophene rings is 1. The molecule has 0 saturated heterocycles. The predicted octanol–water partition coefficient (Wildman–Crippen LogP) is 4.99. The maximum absolute atomic E-state index is 11.3. The summed E-state index contributed by atoms with van der Waals surface area (Å²) in [6.07, 6.45) is 0. The Balaban J connectivity index is 1.87. The topological polar surface area (TPSA) is 59.4 Å². The van der Waals surface area contributed by atoms with Gasteiger partial charge in [-0.25, -0.2) is 0 Å². The molecule has 0 amide bonds. The van der Waals surface area contributed by atoms with Crippen molar-refractivity contribution in [1.82, 2.24) is 4.98 Å². The van der Waals surface area contributed by atoms with Gasteiger partial charge in [-0.1, -0.05) is 6.07 Å². The minimum absolute atomic E-state index is 0.466. The number of hydrogen-bond donors (Lipinski definition) is 1. The standard InChI is InChI=1S/C20H21NO3S/c1-11-7-16(24-9-15-6-5-12(2)21-14(15)4)8-18-19(11)17(10-25-18)13(3)20(22)23/h5-8,10,13H,9H2,1-4H3,(H,22,23). The molecule has 5 heteroatoms. The molecule has 1 atom stereocenters. The minimum atomic E-state index is -0.804. The van der Waals surface area contributed by atoms with Gasteiger partial charge in [-0.3, -0.25) is 9.78 Å². The summed E-state index contributed by atoms with van der Waals surface area (Å²) in [6, 6.07) is 7.99. The Labute approximate surface area is 151 Å². The average Bonchev–Trinajstić information content (AvgIpc) is 2.97. The molecule has 1 unspecified atom stereocenters. The van der Waals surface area contributed by atoms with Crippen LogP contribution in [0.2, 0.25) is 0 Å². The minimum Gasteiger partial charge on any atom is -0.489 e. The summed E-state index contributed by atoms with van der Waals surface area (Å²) in [5, 5.41) is 12.3. The van der Waals surface area contributed by atoms with Crippen LogP contribution in [0, 0.1) is 20.8 Å². The van der Waals surface area contributed by atoms with E-state index in [1.54, 1.807) is 18.3 Å². The molecule has 0 radical (unpaired) electrons. The fourth-order valence-corrected chi connectivity index (χ4v) is 4.09. The number of rotatable bonds is 5. The molecule has 0 bridgehead atoms. The molecule has 0 aliphatic rings. The molecule has 130 valence electrons. The van der Waals surface area contributed by atoms with Gasteiger partial charge in [0.15, 0.2) is 0 Å². The molecular weight excluding hydrogens is 334 g/mol. The van der Waals surface area contributed by atoms with Gasteiger partial charge in [0.05, 0.1) is 5.92 Å². The first-order chi connectivity index (χ1) is 11.9. The molecule has 1 N–H and O–H groups in total. The highest BCUT2D eigenvalue weighted by Crippen LogP contribution is 2.36. The third-order valence-corrected chi connectivity index (χ3v) is 5.39. The van der Waals surface area contributed by atoms with E-state index in [2.05, 4.69) is 4.98 Å². The highest BCUT2D eigenvalue weighted by atomic mass is 32.1. The Morgan fingerprint density at radius 3 is 2.72 bits per heavy atom. The van der Waals surface area contributed by atoms with Crippen LogP contribution in [0.3, 0.4) is 0 Å². The van der Waals surface area contributed by atoms with E-state index in [1.165, 1.54) is 0 Å². The van der Waals surface area contributed by atoms with Crippen molar-refractivity contribution in [1.29, 1.82) is 0 Å². The Hall–Kier alpha value is -2.40. The summed E-state index contributed by atoms with van der Waals surface area (Å²) in [7, 11) is 0. The van der Waals surface area contributed by atoms with Crippen molar-refractivity contribution in [2.75, 3.05) is 0 Å². The molecule has 2 heterocycles. The zero-order valence-corrected chi connectivity index (χ0v) is 15.6. The number of carbonyl (C=O) groups is 1. The lowest BCUT2D eigenvalue weighted by molar-refractivity contribution is -0.138. The third kappa shape index (κ3) is 3.51. The van der Waals surface area contributed by atoms with E-state index in [0.29, 0.717) is 6.61 Å². The van der Waals surface area contributed by atoms with Gasteiger partial charge in [-0.05, 0) is 67.8 Å². The van der Waals surface area contributed by atoms with E-state index in [4.69, 9.17) is 4.74 Å². The van der Waals surface area contributed by atoms with Gasteiger partial charge in [-0.15, -0.1) is 11.3 Å². The number of benzene rings is 1. The van der Waals surface area contributed by atoms with Crippen LogP contribution >= 0.6 is 11.3 Å². The number of aryl methyl sites for hydroxylation is 3. The molecule has 3 aromatic rings. The van der Waals surface area contributed by atoms with Crippen LogP contribution in [0.15, 0.2) is 29.6 Å². The molecule has 0 saturated carbocycles. The van der Waals surface area contributed by atoms with E-state index in [0.717, 1.165) is 43.9 Å². The van der Waals surface area contributed by atoms with Crippen LogP contribution in [-0.2, 0) is 11.4 Å². The average molecular weight is 355 g/mol. The largest absolute Gasteiger partial charge is 0.489 e. The molecule has 2 aromatic heterocycles. The fourth-order valence-electron chi connectivity index (χ4n) is 2.94. The van der Waals surface area contributed by atoms with Gasteiger partial charge in [0.25, 0.3) is 0 Å². The predicted molar refractivity (Wildman–Crippen MR) is 101 cm³/mol. The number of fused-ring (bicyclic) bond motifs is 1. The number of ether oxygens (including phenoxy) is 1. The zero-order valence-electron chi connectivity index (χ0n) is 14.8. The smallest absolute Gasteiger partial charge is 0.310 e. The van der Waals surface area contributed by atoms with Crippen LogP contribution in [0.4, 0.5) is 0 Å². The monoisotopic (exact) mass is 355 g/mol. The molecule has 4 nitrogen and oxygen atoms in total. The summed E-state index contributed by atoms with van der Waals surface area (Å²) in [5.41, 5.74) is 4.95. The lowest BCUT2D eigenvalue weighted by Crippen LogP contribution is -2.06. The fraction of sp³-hybridized carbons (Fsp3) is 0.300. The van der Waals surface area contributed by atoms with Gasteiger partial charge < -0.3 is 9.84 Å². The maximum atomic E-state index is 11.3. The third-order valence-electron chi connectivity index (χ3n) is 4.44. The van der Waals surface area contributed by atoms with Crippen molar-refractivity contribution in [3.05, 3.63) is 57.7 Å². The SMILES string of the molecule is Cc1ccc(COc2cc(C)c3c(C(C)C(=O)O)csc3c2)c(C)n1. The Bertz CT molecular complexity index is 946. The first-order valence-electron chi connectivity index (χ1n) is 8.17. The first kappa shape index (κ1) is 17.4. The van der Waals surface area contributed by atoms with Crippen LogP contribution in [0.25, 0.3) is 10.1 Å². The molecule has 1 aromatic carbocycles. The number of aromatic nitrogens is 1. The molecule has 0 aliphatic carbocycles. The van der Waals surface area contributed by atoms with Gasteiger partial charge in [0.2, 0.25) is 0 Å². The van der Waals surface area contributed by atoms with Crippen molar-refractivity contribution in [3.8, 4) is 5.75 Å². The Morgan fingerprint density at radius 1 is 1.28 bits per heavy atom. The zero-order chi connectivity index (χ0) is 18.1. The van der Waals surface area contributed by atoms with Gasteiger partial charge in [0.1, 0.15) is 12.4 Å². The normalized spacial score (nSPS) is 12.3.